The van der Waals surface area contributed by atoms with E-state index in [2.05, 4.69) is 12.2 Å². The first-order chi connectivity index (χ1) is 5.43. The van der Waals surface area contributed by atoms with Crippen LogP contribution in [-0.2, 0) is 4.74 Å². The molecule has 0 aromatic carbocycles. The van der Waals surface area contributed by atoms with Gasteiger partial charge in [0.15, 0.2) is 0 Å². The van der Waals surface area contributed by atoms with Gasteiger partial charge in [0, 0.05) is 6.61 Å². The quantitative estimate of drug-likeness (QED) is 0.663. The first kappa shape index (κ1) is 10.9. The molecule has 68 valence electrons. The van der Waals surface area contributed by atoms with Crippen LogP contribution in [0.25, 0.3) is 0 Å². The number of nitrogens with one attached hydrogen (secondary N) is 1. The lowest BCUT2D eigenvalue weighted by Crippen LogP contribution is -2.32. The maximum atomic E-state index is 5.44. The van der Waals surface area contributed by atoms with E-state index >= 15 is 0 Å². The van der Waals surface area contributed by atoms with E-state index in [-0.39, 0.29) is 0 Å². The Hall–Kier alpha value is -0.0800. The van der Waals surface area contributed by atoms with Crippen LogP contribution in [0.15, 0.2) is 0 Å². The van der Waals surface area contributed by atoms with Gasteiger partial charge in [-0.1, -0.05) is 13.8 Å². The van der Waals surface area contributed by atoms with Crippen LogP contribution in [-0.4, -0.2) is 25.8 Å². The van der Waals surface area contributed by atoms with Gasteiger partial charge in [0.25, 0.3) is 0 Å². The maximum Gasteiger partial charge on any atom is 0.0599 e. The maximum absolute atomic E-state index is 5.44. The number of ether oxygens (including phenoxy) is 1. The van der Waals surface area contributed by atoms with Crippen LogP contribution >= 0.6 is 0 Å². The van der Waals surface area contributed by atoms with Crippen molar-refractivity contribution < 1.29 is 4.74 Å². The molecule has 0 bridgehead atoms. The smallest absolute Gasteiger partial charge is 0.0599 e. The summed E-state index contributed by atoms with van der Waals surface area (Å²) in [5.41, 5.74) is 0. The van der Waals surface area contributed by atoms with E-state index in [1.54, 1.807) is 0 Å². The lowest BCUT2D eigenvalue weighted by atomic mass is 10.1. The SMILES string of the molecule is CC.CCOC1CCNCC1. The second-order valence-corrected chi connectivity index (χ2v) is 2.40. The predicted octanol–water partition coefficient (Wildman–Crippen LogP) is 1.80. The minimum Gasteiger partial charge on any atom is -0.378 e. The Bertz CT molecular complexity index is 67.2. The van der Waals surface area contributed by atoms with Crippen molar-refractivity contribution in [2.45, 2.75) is 39.7 Å². The minimum absolute atomic E-state index is 0.538. The van der Waals surface area contributed by atoms with Crippen LogP contribution in [0.3, 0.4) is 0 Å². The summed E-state index contributed by atoms with van der Waals surface area (Å²) in [5, 5.41) is 3.29. The zero-order valence-corrected chi connectivity index (χ0v) is 8.02. The van der Waals surface area contributed by atoms with E-state index in [1.807, 2.05) is 13.8 Å². The molecule has 1 N–H and O–H groups in total. The Labute approximate surface area is 70.3 Å². The summed E-state index contributed by atoms with van der Waals surface area (Å²) in [6, 6.07) is 0. The number of hydrogen-bond donors (Lipinski definition) is 1. The summed E-state index contributed by atoms with van der Waals surface area (Å²) in [7, 11) is 0. The molecule has 1 aliphatic rings. The zero-order chi connectivity index (χ0) is 8.53. The van der Waals surface area contributed by atoms with E-state index in [1.165, 1.54) is 12.8 Å². The van der Waals surface area contributed by atoms with E-state index in [4.69, 9.17) is 4.74 Å². The second kappa shape index (κ2) is 8.02. The molecule has 1 fully saturated rings. The van der Waals surface area contributed by atoms with Crippen LogP contribution in [0, 0.1) is 0 Å². The van der Waals surface area contributed by atoms with Crippen LogP contribution in [0.1, 0.15) is 33.6 Å². The summed E-state index contributed by atoms with van der Waals surface area (Å²) in [5.74, 6) is 0. The Balaban J connectivity index is 0.000000461. The molecule has 0 saturated carbocycles. The van der Waals surface area contributed by atoms with Gasteiger partial charge in [-0.2, -0.15) is 0 Å². The monoisotopic (exact) mass is 159 g/mol. The Morgan fingerprint density at radius 2 is 1.82 bits per heavy atom. The molecule has 1 rings (SSSR count). The fraction of sp³-hybridized carbons (Fsp3) is 1.00. The molecule has 0 aromatic heterocycles. The summed E-state index contributed by atoms with van der Waals surface area (Å²) in [4.78, 5) is 0. The van der Waals surface area contributed by atoms with Crippen molar-refractivity contribution in [3.05, 3.63) is 0 Å². The van der Waals surface area contributed by atoms with Gasteiger partial charge in [-0.15, -0.1) is 0 Å². The second-order valence-electron chi connectivity index (χ2n) is 2.40. The molecule has 2 nitrogen and oxygen atoms in total. The number of rotatable bonds is 2. The average Bonchev–Trinajstić information content (AvgIpc) is 2.11. The molecule has 11 heavy (non-hydrogen) atoms. The molecule has 0 aliphatic carbocycles. The van der Waals surface area contributed by atoms with Gasteiger partial charge >= 0.3 is 0 Å². The van der Waals surface area contributed by atoms with Crippen LogP contribution in [0.2, 0.25) is 0 Å². The normalized spacial score (nSPS) is 18.8. The highest BCUT2D eigenvalue weighted by atomic mass is 16.5. The molecule has 0 aromatic rings. The standard InChI is InChI=1S/C7H15NO.C2H6/c1-2-9-7-3-5-8-6-4-7;1-2/h7-8H,2-6H2,1H3;1-2H3. The third-order valence-corrected chi connectivity index (χ3v) is 1.69. The van der Waals surface area contributed by atoms with Gasteiger partial charge in [-0.05, 0) is 32.9 Å². The van der Waals surface area contributed by atoms with Crippen molar-refractivity contribution in [2.24, 2.45) is 0 Å². The molecule has 1 heterocycles. The Morgan fingerprint density at radius 1 is 1.27 bits per heavy atom. The highest BCUT2D eigenvalue weighted by Crippen LogP contribution is 2.05. The van der Waals surface area contributed by atoms with Crippen molar-refractivity contribution in [2.75, 3.05) is 19.7 Å². The number of hydrogen-bond acceptors (Lipinski definition) is 2. The third-order valence-electron chi connectivity index (χ3n) is 1.69. The van der Waals surface area contributed by atoms with Gasteiger partial charge < -0.3 is 10.1 Å². The van der Waals surface area contributed by atoms with Crippen molar-refractivity contribution >= 4 is 0 Å². The zero-order valence-electron chi connectivity index (χ0n) is 8.02. The molecule has 1 aliphatic heterocycles. The molecule has 0 unspecified atom stereocenters. The van der Waals surface area contributed by atoms with Crippen LogP contribution in [0.4, 0.5) is 0 Å². The molecular weight excluding hydrogens is 138 g/mol. The van der Waals surface area contributed by atoms with Crippen molar-refractivity contribution in [1.29, 1.82) is 0 Å². The summed E-state index contributed by atoms with van der Waals surface area (Å²) in [6.45, 7) is 9.18. The first-order valence-corrected chi connectivity index (χ1v) is 4.76. The summed E-state index contributed by atoms with van der Waals surface area (Å²) in [6.07, 6.45) is 2.91. The Kier molecular flexibility index (Phi) is 7.96. The topological polar surface area (TPSA) is 21.3 Å². The molecule has 0 spiro atoms. The van der Waals surface area contributed by atoms with Gasteiger partial charge in [0.1, 0.15) is 0 Å². The largest absolute Gasteiger partial charge is 0.378 e. The molecule has 0 amide bonds. The first-order valence-electron chi connectivity index (χ1n) is 4.76. The lowest BCUT2D eigenvalue weighted by molar-refractivity contribution is 0.0416. The summed E-state index contributed by atoms with van der Waals surface area (Å²) < 4.78 is 5.44. The van der Waals surface area contributed by atoms with Crippen LogP contribution < -0.4 is 5.32 Å². The van der Waals surface area contributed by atoms with Crippen molar-refractivity contribution in [3.63, 3.8) is 0 Å². The fourth-order valence-electron chi connectivity index (χ4n) is 1.20. The average molecular weight is 159 g/mol. The van der Waals surface area contributed by atoms with Crippen molar-refractivity contribution in [1.82, 2.24) is 5.32 Å². The lowest BCUT2D eigenvalue weighted by Gasteiger charge is -2.21. The third kappa shape index (κ3) is 5.22. The highest BCUT2D eigenvalue weighted by molar-refractivity contribution is 4.67. The van der Waals surface area contributed by atoms with Gasteiger partial charge in [0.2, 0.25) is 0 Å². The van der Waals surface area contributed by atoms with E-state index < -0.39 is 0 Å². The van der Waals surface area contributed by atoms with Crippen LogP contribution in [0.5, 0.6) is 0 Å². The van der Waals surface area contributed by atoms with Gasteiger partial charge in [-0.25, -0.2) is 0 Å². The molecule has 1 saturated heterocycles. The summed E-state index contributed by atoms with van der Waals surface area (Å²) >= 11 is 0. The van der Waals surface area contributed by atoms with E-state index in [9.17, 15) is 0 Å². The van der Waals surface area contributed by atoms with E-state index in [0.717, 1.165) is 19.7 Å². The van der Waals surface area contributed by atoms with Crippen molar-refractivity contribution in [3.8, 4) is 0 Å². The number of piperidine rings is 1. The van der Waals surface area contributed by atoms with Gasteiger partial charge in [0.05, 0.1) is 6.10 Å². The molecule has 0 atom stereocenters. The Morgan fingerprint density at radius 3 is 2.27 bits per heavy atom. The predicted molar refractivity (Wildman–Crippen MR) is 48.9 cm³/mol. The van der Waals surface area contributed by atoms with Gasteiger partial charge in [-0.3, -0.25) is 0 Å². The molecular formula is C9H21NO. The van der Waals surface area contributed by atoms with E-state index in [0.29, 0.717) is 6.10 Å². The fourth-order valence-corrected chi connectivity index (χ4v) is 1.20. The molecule has 0 radical (unpaired) electrons. The minimum atomic E-state index is 0.538. The molecule has 2 heteroatoms. The highest BCUT2D eigenvalue weighted by Gasteiger charge is 2.11.